The molecule has 2 aromatic rings. The Morgan fingerprint density at radius 2 is 2.25 bits per heavy atom. The van der Waals surface area contributed by atoms with Crippen LogP contribution < -0.4 is 5.32 Å². The Balaban J connectivity index is 2.04. The predicted octanol–water partition coefficient (Wildman–Crippen LogP) is 2.73. The highest BCUT2D eigenvalue weighted by molar-refractivity contribution is 6.35. The summed E-state index contributed by atoms with van der Waals surface area (Å²) in [5, 5.41) is 8.35. The summed E-state index contributed by atoms with van der Waals surface area (Å²) in [7, 11) is 1.87. The average Bonchev–Trinajstić information content (AvgIpc) is 2.63. The quantitative estimate of drug-likeness (QED) is 0.919. The number of anilines is 1. The SMILES string of the molecule is Cn1ccc(CNc2ncc(Cl)cc2Cl)n1. The molecule has 0 aromatic carbocycles. The summed E-state index contributed by atoms with van der Waals surface area (Å²) >= 11 is 11.7. The van der Waals surface area contributed by atoms with E-state index in [2.05, 4.69) is 15.4 Å². The van der Waals surface area contributed by atoms with Crippen LogP contribution in [-0.4, -0.2) is 14.8 Å². The van der Waals surface area contributed by atoms with Gasteiger partial charge in [-0.2, -0.15) is 5.10 Å². The molecule has 16 heavy (non-hydrogen) atoms. The normalized spacial score (nSPS) is 10.4. The fourth-order valence-corrected chi connectivity index (χ4v) is 1.72. The summed E-state index contributed by atoms with van der Waals surface area (Å²) in [6.07, 6.45) is 3.43. The highest BCUT2D eigenvalue weighted by Crippen LogP contribution is 2.22. The smallest absolute Gasteiger partial charge is 0.145 e. The van der Waals surface area contributed by atoms with E-state index in [0.717, 1.165) is 5.69 Å². The lowest BCUT2D eigenvalue weighted by Crippen LogP contribution is -2.03. The van der Waals surface area contributed by atoms with Gasteiger partial charge in [0.2, 0.25) is 0 Å². The van der Waals surface area contributed by atoms with Crippen molar-refractivity contribution < 1.29 is 0 Å². The highest BCUT2D eigenvalue weighted by atomic mass is 35.5. The minimum atomic E-state index is 0.503. The van der Waals surface area contributed by atoms with E-state index in [9.17, 15) is 0 Å². The first-order valence-electron chi connectivity index (χ1n) is 4.68. The van der Waals surface area contributed by atoms with Crippen molar-refractivity contribution in [2.24, 2.45) is 7.05 Å². The van der Waals surface area contributed by atoms with Gasteiger partial charge in [0.1, 0.15) is 5.82 Å². The van der Waals surface area contributed by atoms with Crippen molar-refractivity contribution in [2.75, 3.05) is 5.32 Å². The largest absolute Gasteiger partial charge is 0.363 e. The van der Waals surface area contributed by atoms with E-state index in [1.807, 2.05) is 19.3 Å². The molecule has 0 fully saturated rings. The van der Waals surface area contributed by atoms with E-state index in [0.29, 0.717) is 22.4 Å². The molecular formula is C10H10Cl2N4. The molecule has 0 saturated carbocycles. The zero-order valence-corrected chi connectivity index (χ0v) is 10.1. The number of aryl methyl sites for hydroxylation is 1. The molecule has 0 amide bonds. The standard InChI is InChI=1S/C10H10Cl2N4/c1-16-3-2-8(15-16)6-14-10-9(12)4-7(11)5-13-10/h2-5H,6H2,1H3,(H,13,14). The van der Waals surface area contributed by atoms with Gasteiger partial charge in [0, 0.05) is 19.4 Å². The lowest BCUT2D eigenvalue weighted by atomic mass is 10.4. The molecule has 1 N–H and O–H groups in total. The summed E-state index contributed by atoms with van der Waals surface area (Å²) in [6.45, 7) is 0.579. The van der Waals surface area contributed by atoms with E-state index in [-0.39, 0.29) is 0 Å². The Bertz CT molecular complexity index is 495. The van der Waals surface area contributed by atoms with Gasteiger partial charge in [-0.3, -0.25) is 4.68 Å². The first-order valence-corrected chi connectivity index (χ1v) is 5.44. The molecule has 0 radical (unpaired) electrons. The van der Waals surface area contributed by atoms with Gasteiger partial charge >= 0.3 is 0 Å². The van der Waals surface area contributed by atoms with Crippen LogP contribution in [0.5, 0.6) is 0 Å². The average molecular weight is 257 g/mol. The zero-order valence-electron chi connectivity index (χ0n) is 8.61. The molecule has 84 valence electrons. The Morgan fingerprint density at radius 3 is 2.88 bits per heavy atom. The molecule has 0 aliphatic carbocycles. The van der Waals surface area contributed by atoms with Gasteiger partial charge in [-0.25, -0.2) is 4.98 Å². The molecular weight excluding hydrogens is 247 g/mol. The first-order chi connectivity index (χ1) is 7.65. The first kappa shape index (κ1) is 11.2. The van der Waals surface area contributed by atoms with E-state index in [1.54, 1.807) is 16.9 Å². The van der Waals surface area contributed by atoms with Gasteiger partial charge in [-0.1, -0.05) is 23.2 Å². The van der Waals surface area contributed by atoms with Crippen LogP contribution in [0.15, 0.2) is 24.5 Å². The van der Waals surface area contributed by atoms with Crippen LogP contribution >= 0.6 is 23.2 Å². The van der Waals surface area contributed by atoms with Gasteiger partial charge < -0.3 is 5.32 Å². The molecule has 0 aliphatic heterocycles. The van der Waals surface area contributed by atoms with Crippen molar-refractivity contribution in [3.8, 4) is 0 Å². The molecule has 0 bridgehead atoms. The van der Waals surface area contributed by atoms with Crippen LogP contribution in [0.3, 0.4) is 0 Å². The second-order valence-electron chi connectivity index (χ2n) is 3.32. The third-order valence-electron chi connectivity index (χ3n) is 2.01. The second-order valence-corrected chi connectivity index (χ2v) is 4.16. The number of hydrogen-bond acceptors (Lipinski definition) is 3. The fraction of sp³-hybridized carbons (Fsp3) is 0.200. The summed E-state index contributed by atoms with van der Waals surface area (Å²) in [4.78, 5) is 4.09. The maximum atomic E-state index is 5.97. The monoisotopic (exact) mass is 256 g/mol. The molecule has 0 atom stereocenters. The molecule has 0 saturated heterocycles. The van der Waals surface area contributed by atoms with Crippen molar-refractivity contribution >= 4 is 29.0 Å². The van der Waals surface area contributed by atoms with Crippen LogP contribution in [0.2, 0.25) is 10.0 Å². The maximum Gasteiger partial charge on any atom is 0.145 e. The Labute approximate surface area is 103 Å². The lowest BCUT2D eigenvalue weighted by molar-refractivity contribution is 0.747. The Hall–Kier alpha value is -1.26. The molecule has 2 aromatic heterocycles. The second kappa shape index (κ2) is 4.72. The Morgan fingerprint density at radius 1 is 1.44 bits per heavy atom. The number of aromatic nitrogens is 3. The van der Waals surface area contributed by atoms with Crippen molar-refractivity contribution in [2.45, 2.75) is 6.54 Å². The van der Waals surface area contributed by atoms with Crippen molar-refractivity contribution in [1.29, 1.82) is 0 Å². The van der Waals surface area contributed by atoms with Crippen molar-refractivity contribution in [1.82, 2.24) is 14.8 Å². The van der Waals surface area contributed by atoms with E-state index in [4.69, 9.17) is 23.2 Å². The van der Waals surface area contributed by atoms with Crippen molar-refractivity contribution in [3.63, 3.8) is 0 Å². The summed E-state index contributed by atoms with van der Waals surface area (Å²) in [5.74, 6) is 0.608. The molecule has 6 heteroatoms. The number of nitrogens with zero attached hydrogens (tertiary/aromatic N) is 3. The third kappa shape index (κ3) is 2.65. The topological polar surface area (TPSA) is 42.7 Å². The van der Waals surface area contributed by atoms with Crippen LogP contribution in [0.4, 0.5) is 5.82 Å². The minimum absolute atomic E-state index is 0.503. The number of halogens is 2. The van der Waals surface area contributed by atoms with Gasteiger partial charge in [0.05, 0.1) is 22.3 Å². The van der Waals surface area contributed by atoms with E-state index < -0.39 is 0 Å². The summed E-state index contributed by atoms with van der Waals surface area (Å²) in [5.41, 5.74) is 0.926. The molecule has 0 unspecified atom stereocenters. The van der Waals surface area contributed by atoms with Gasteiger partial charge in [0.15, 0.2) is 0 Å². The zero-order chi connectivity index (χ0) is 11.5. The predicted molar refractivity (Wildman–Crippen MR) is 64.8 cm³/mol. The van der Waals surface area contributed by atoms with Crippen LogP contribution in [0, 0.1) is 0 Å². The molecule has 2 heterocycles. The lowest BCUT2D eigenvalue weighted by Gasteiger charge is -2.05. The van der Waals surface area contributed by atoms with Crippen LogP contribution in [0.25, 0.3) is 0 Å². The molecule has 0 spiro atoms. The fourth-order valence-electron chi connectivity index (χ4n) is 1.28. The number of pyridine rings is 1. The van der Waals surface area contributed by atoms with Crippen LogP contribution in [-0.2, 0) is 13.6 Å². The number of rotatable bonds is 3. The molecule has 4 nitrogen and oxygen atoms in total. The minimum Gasteiger partial charge on any atom is -0.363 e. The van der Waals surface area contributed by atoms with Crippen LogP contribution in [0.1, 0.15) is 5.69 Å². The van der Waals surface area contributed by atoms with E-state index in [1.165, 1.54) is 0 Å². The number of hydrogen-bond donors (Lipinski definition) is 1. The third-order valence-corrected chi connectivity index (χ3v) is 2.51. The molecule has 0 aliphatic rings. The maximum absolute atomic E-state index is 5.97. The number of nitrogens with one attached hydrogen (secondary N) is 1. The van der Waals surface area contributed by atoms with Crippen molar-refractivity contribution in [3.05, 3.63) is 40.3 Å². The van der Waals surface area contributed by atoms with Gasteiger partial charge in [0.25, 0.3) is 0 Å². The summed E-state index contributed by atoms with van der Waals surface area (Å²) in [6, 6.07) is 3.58. The highest BCUT2D eigenvalue weighted by Gasteiger charge is 2.03. The van der Waals surface area contributed by atoms with Gasteiger partial charge in [-0.15, -0.1) is 0 Å². The summed E-state index contributed by atoms with van der Waals surface area (Å²) < 4.78 is 1.74. The Kier molecular flexibility index (Phi) is 3.31. The molecule has 2 rings (SSSR count). The van der Waals surface area contributed by atoms with E-state index >= 15 is 0 Å². The van der Waals surface area contributed by atoms with Gasteiger partial charge in [-0.05, 0) is 12.1 Å².